The smallest absolute Gasteiger partial charge is 0.293 e. The van der Waals surface area contributed by atoms with Gasteiger partial charge in [-0.05, 0) is 13.0 Å². The SMILES string of the molecule is CC(NC(=O)c1c(F)ccc([N+](=O)[O-])c1N)c1ncc[nH]1. The first-order valence-electron chi connectivity index (χ1n) is 5.94. The predicted octanol–water partition coefficient (Wildman–Crippen LogP) is 1.53. The number of hydrogen-bond donors (Lipinski definition) is 3. The number of nitrogen functional groups attached to an aromatic ring is 1. The van der Waals surface area contributed by atoms with Crippen molar-refractivity contribution in [2.75, 3.05) is 5.73 Å². The number of aromatic amines is 1. The number of hydrogen-bond acceptors (Lipinski definition) is 5. The monoisotopic (exact) mass is 293 g/mol. The van der Waals surface area contributed by atoms with Crippen molar-refractivity contribution >= 4 is 17.3 Å². The van der Waals surface area contributed by atoms with Crippen LogP contribution in [0.4, 0.5) is 15.8 Å². The molecular weight excluding hydrogens is 281 g/mol. The predicted molar refractivity (Wildman–Crippen MR) is 71.9 cm³/mol. The molecule has 1 amide bonds. The molecule has 0 aliphatic carbocycles. The van der Waals surface area contributed by atoms with Crippen LogP contribution in [0, 0.1) is 15.9 Å². The van der Waals surface area contributed by atoms with Crippen molar-refractivity contribution < 1.29 is 14.1 Å². The summed E-state index contributed by atoms with van der Waals surface area (Å²) in [4.78, 5) is 28.8. The fourth-order valence-corrected chi connectivity index (χ4v) is 1.82. The van der Waals surface area contributed by atoms with E-state index >= 15 is 0 Å². The standard InChI is InChI=1S/C12H12FN5O3/c1-6(11-15-4-5-16-11)17-12(19)9-7(13)2-3-8(10(9)14)18(20)21/h2-6H,14H2,1H3,(H,15,16)(H,17,19). The molecule has 0 radical (unpaired) electrons. The minimum Gasteiger partial charge on any atom is -0.392 e. The largest absolute Gasteiger partial charge is 0.392 e. The van der Waals surface area contributed by atoms with Gasteiger partial charge in [-0.3, -0.25) is 14.9 Å². The molecule has 1 atom stereocenters. The highest BCUT2D eigenvalue weighted by atomic mass is 19.1. The average molecular weight is 293 g/mol. The zero-order valence-corrected chi connectivity index (χ0v) is 11.0. The second-order valence-corrected chi connectivity index (χ2v) is 4.28. The maximum absolute atomic E-state index is 13.8. The van der Waals surface area contributed by atoms with E-state index in [9.17, 15) is 19.3 Å². The van der Waals surface area contributed by atoms with Crippen LogP contribution >= 0.6 is 0 Å². The summed E-state index contributed by atoms with van der Waals surface area (Å²) >= 11 is 0. The van der Waals surface area contributed by atoms with E-state index in [2.05, 4.69) is 15.3 Å². The molecule has 1 aromatic carbocycles. The van der Waals surface area contributed by atoms with Gasteiger partial charge in [0.25, 0.3) is 11.6 Å². The van der Waals surface area contributed by atoms with Crippen LogP contribution in [0.1, 0.15) is 29.1 Å². The van der Waals surface area contributed by atoms with Gasteiger partial charge in [-0.1, -0.05) is 0 Å². The Kier molecular flexibility index (Phi) is 3.83. The number of amides is 1. The third-order valence-electron chi connectivity index (χ3n) is 2.87. The lowest BCUT2D eigenvalue weighted by molar-refractivity contribution is -0.384. The number of rotatable bonds is 4. The Morgan fingerprint density at radius 3 is 2.86 bits per heavy atom. The molecule has 9 heteroatoms. The van der Waals surface area contributed by atoms with Gasteiger partial charge in [0.15, 0.2) is 0 Å². The topological polar surface area (TPSA) is 127 Å². The normalized spacial score (nSPS) is 11.9. The zero-order valence-electron chi connectivity index (χ0n) is 11.0. The molecule has 2 rings (SSSR count). The number of H-pyrrole nitrogens is 1. The Morgan fingerprint density at radius 2 is 2.29 bits per heavy atom. The van der Waals surface area contributed by atoms with Gasteiger partial charge >= 0.3 is 0 Å². The van der Waals surface area contributed by atoms with Crippen molar-refractivity contribution in [3.05, 3.63) is 51.8 Å². The number of benzene rings is 1. The molecule has 1 unspecified atom stereocenters. The minimum absolute atomic E-state index is 0.466. The molecule has 1 heterocycles. The van der Waals surface area contributed by atoms with Crippen molar-refractivity contribution in [3.63, 3.8) is 0 Å². The lowest BCUT2D eigenvalue weighted by Gasteiger charge is -2.13. The number of nitrogens with one attached hydrogen (secondary N) is 2. The summed E-state index contributed by atoms with van der Waals surface area (Å²) in [7, 11) is 0. The Bertz CT molecular complexity index is 686. The maximum Gasteiger partial charge on any atom is 0.293 e. The van der Waals surface area contributed by atoms with E-state index in [0.29, 0.717) is 5.82 Å². The second-order valence-electron chi connectivity index (χ2n) is 4.28. The fraction of sp³-hybridized carbons (Fsp3) is 0.167. The van der Waals surface area contributed by atoms with Crippen LogP contribution in [-0.4, -0.2) is 20.8 Å². The molecule has 21 heavy (non-hydrogen) atoms. The highest BCUT2D eigenvalue weighted by Crippen LogP contribution is 2.27. The highest BCUT2D eigenvalue weighted by molar-refractivity contribution is 6.01. The van der Waals surface area contributed by atoms with E-state index in [4.69, 9.17) is 5.73 Å². The number of imidazole rings is 1. The van der Waals surface area contributed by atoms with E-state index in [0.717, 1.165) is 12.1 Å². The molecule has 4 N–H and O–H groups in total. The third kappa shape index (κ3) is 2.81. The van der Waals surface area contributed by atoms with Gasteiger partial charge < -0.3 is 16.0 Å². The molecule has 2 aromatic rings. The Hall–Kier alpha value is -2.97. The molecule has 0 spiro atoms. The van der Waals surface area contributed by atoms with Crippen LogP contribution in [0.5, 0.6) is 0 Å². The van der Waals surface area contributed by atoms with Gasteiger partial charge in [0, 0.05) is 18.5 Å². The molecule has 0 fully saturated rings. The van der Waals surface area contributed by atoms with Crippen LogP contribution in [0.15, 0.2) is 24.5 Å². The number of anilines is 1. The number of nitrogens with two attached hydrogens (primary N) is 1. The number of nitro benzene ring substituents is 1. The van der Waals surface area contributed by atoms with Gasteiger partial charge in [-0.2, -0.15) is 0 Å². The van der Waals surface area contributed by atoms with Gasteiger partial charge in [-0.15, -0.1) is 0 Å². The quantitative estimate of drug-likeness (QED) is 0.447. The summed E-state index contributed by atoms with van der Waals surface area (Å²) in [6.45, 7) is 1.63. The van der Waals surface area contributed by atoms with E-state index in [1.54, 1.807) is 13.1 Å². The van der Waals surface area contributed by atoms with Crippen molar-refractivity contribution in [2.45, 2.75) is 13.0 Å². The van der Waals surface area contributed by atoms with Crippen molar-refractivity contribution in [1.82, 2.24) is 15.3 Å². The number of halogens is 1. The number of nitro groups is 1. The second kappa shape index (κ2) is 5.57. The zero-order chi connectivity index (χ0) is 15.6. The summed E-state index contributed by atoms with van der Waals surface area (Å²) in [6.07, 6.45) is 3.07. The highest BCUT2D eigenvalue weighted by Gasteiger charge is 2.25. The molecule has 0 aliphatic rings. The minimum atomic E-state index is -0.928. The van der Waals surface area contributed by atoms with Crippen LogP contribution in [0.3, 0.4) is 0 Å². The lowest BCUT2D eigenvalue weighted by Crippen LogP contribution is -2.29. The summed E-state index contributed by atoms with van der Waals surface area (Å²) < 4.78 is 13.8. The number of carbonyl (C=O) groups excluding carboxylic acids is 1. The molecular formula is C12H12FN5O3. The molecule has 110 valence electrons. The molecule has 0 saturated heterocycles. The number of nitrogens with zero attached hydrogens (tertiary/aromatic N) is 2. The van der Waals surface area contributed by atoms with Gasteiger partial charge in [0.1, 0.15) is 22.9 Å². The van der Waals surface area contributed by atoms with Gasteiger partial charge in [0.2, 0.25) is 0 Å². The lowest BCUT2D eigenvalue weighted by atomic mass is 10.1. The summed E-state index contributed by atoms with van der Waals surface area (Å²) in [5.74, 6) is -1.31. The van der Waals surface area contributed by atoms with Crippen molar-refractivity contribution in [3.8, 4) is 0 Å². The fourth-order valence-electron chi connectivity index (χ4n) is 1.82. The van der Waals surface area contributed by atoms with Crippen LogP contribution in [0.25, 0.3) is 0 Å². The van der Waals surface area contributed by atoms with E-state index in [1.807, 2.05) is 0 Å². The van der Waals surface area contributed by atoms with Crippen LogP contribution in [0.2, 0.25) is 0 Å². The number of carbonyl (C=O) groups is 1. The molecule has 0 aliphatic heterocycles. The van der Waals surface area contributed by atoms with E-state index in [1.165, 1.54) is 6.20 Å². The maximum atomic E-state index is 13.8. The van der Waals surface area contributed by atoms with Gasteiger partial charge in [0.05, 0.1) is 11.0 Å². The molecule has 1 aromatic heterocycles. The third-order valence-corrected chi connectivity index (χ3v) is 2.87. The van der Waals surface area contributed by atoms with Crippen LogP contribution < -0.4 is 11.1 Å². The van der Waals surface area contributed by atoms with Crippen LogP contribution in [-0.2, 0) is 0 Å². The van der Waals surface area contributed by atoms with Gasteiger partial charge in [-0.25, -0.2) is 9.37 Å². The van der Waals surface area contributed by atoms with E-state index in [-0.39, 0.29) is 0 Å². The first-order chi connectivity index (χ1) is 9.91. The average Bonchev–Trinajstić information content (AvgIpc) is 2.91. The van der Waals surface area contributed by atoms with Crippen molar-refractivity contribution in [1.29, 1.82) is 0 Å². The number of aromatic nitrogens is 2. The Balaban J connectivity index is 2.31. The molecule has 0 saturated carbocycles. The summed E-state index contributed by atoms with van der Waals surface area (Å²) in [5.41, 5.74) is 3.93. The summed E-state index contributed by atoms with van der Waals surface area (Å²) in [5, 5.41) is 13.2. The summed E-state index contributed by atoms with van der Waals surface area (Å²) in [6, 6.07) is 1.21. The Labute approximate surface area is 118 Å². The van der Waals surface area contributed by atoms with Crippen molar-refractivity contribution in [2.24, 2.45) is 0 Å². The Morgan fingerprint density at radius 1 is 1.57 bits per heavy atom. The molecule has 0 bridgehead atoms. The van der Waals surface area contributed by atoms with E-state index < -0.39 is 39.6 Å². The molecule has 8 nitrogen and oxygen atoms in total. The first-order valence-corrected chi connectivity index (χ1v) is 5.94. The first kappa shape index (κ1) is 14.4.